The second-order valence-electron chi connectivity index (χ2n) is 5.73. The average Bonchev–Trinajstić information content (AvgIpc) is 2.55. The maximum atomic E-state index is 12.3. The number of nitrogens with zero attached hydrogens (tertiary/aromatic N) is 1. The first-order chi connectivity index (χ1) is 10.9. The SMILES string of the molecule is CCS(=O)(=O)N1CCC(NC(=O)c2ccc(C)c(OC)c2)CC1. The number of nitrogens with one attached hydrogen (secondary N) is 1. The van der Waals surface area contributed by atoms with Crippen LogP contribution in [0.25, 0.3) is 0 Å². The summed E-state index contributed by atoms with van der Waals surface area (Å²) in [4.78, 5) is 12.3. The highest BCUT2D eigenvalue weighted by Crippen LogP contribution is 2.20. The van der Waals surface area contributed by atoms with E-state index in [9.17, 15) is 13.2 Å². The zero-order valence-electron chi connectivity index (χ0n) is 13.8. The van der Waals surface area contributed by atoms with Crippen LogP contribution in [0.3, 0.4) is 0 Å². The largest absolute Gasteiger partial charge is 0.496 e. The molecule has 0 aliphatic carbocycles. The molecule has 0 radical (unpaired) electrons. The molecule has 6 nitrogen and oxygen atoms in total. The Kier molecular flexibility index (Phi) is 5.64. The number of ether oxygens (including phenoxy) is 1. The van der Waals surface area contributed by atoms with Crippen molar-refractivity contribution in [1.29, 1.82) is 0 Å². The summed E-state index contributed by atoms with van der Waals surface area (Å²) >= 11 is 0. The Balaban J connectivity index is 1.95. The van der Waals surface area contributed by atoms with E-state index in [-0.39, 0.29) is 17.7 Å². The molecule has 0 bridgehead atoms. The first-order valence-corrected chi connectivity index (χ1v) is 9.41. The molecule has 1 amide bonds. The summed E-state index contributed by atoms with van der Waals surface area (Å²) in [5.74, 6) is 0.648. The lowest BCUT2D eigenvalue weighted by Crippen LogP contribution is -2.46. The van der Waals surface area contributed by atoms with Crippen molar-refractivity contribution < 1.29 is 17.9 Å². The molecule has 1 N–H and O–H groups in total. The topological polar surface area (TPSA) is 75.7 Å². The second kappa shape index (κ2) is 7.31. The molecule has 0 saturated carbocycles. The van der Waals surface area contributed by atoms with E-state index >= 15 is 0 Å². The summed E-state index contributed by atoms with van der Waals surface area (Å²) in [6.45, 7) is 4.48. The van der Waals surface area contributed by atoms with Gasteiger partial charge in [0.1, 0.15) is 5.75 Å². The number of methoxy groups -OCH3 is 1. The number of aryl methyl sites for hydroxylation is 1. The Morgan fingerprint density at radius 2 is 2.00 bits per heavy atom. The van der Waals surface area contributed by atoms with Gasteiger partial charge in [0.15, 0.2) is 0 Å². The lowest BCUT2D eigenvalue weighted by atomic mass is 10.1. The number of sulfonamides is 1. The van der Waals surface area contributed by atoms with Crippen molar-refractivity contribution in [2.45, 2.75) is 32.7 Å². The third-order valence-electron chi connectivity index (χ3n) is 4.22. The molecule has 2 rings (SSSR count). The Labute approximate surface area is 137 Å². The maximum Gasteiger partial charge on any atom is 0.251 e. The van der Waals surface area contributed by atoms with E-state index in [1.165, 1.54) is 4.31 Å². The van der Waals surface area contributed by atoms with Crippen LogP contribution in [0.1, 0.15) is 35.7 Å². The van der Waals surface area contributed by atoms with Gasteiger partial charge in [-0.1, -0.05) is 6.07 Å². The van der Waals surface area contributed by atoms with Crippen LogP contribution >= 0.6 is 0 Å². The quantitative estimate of drug-likeness (QED) is 0.882. The molecular weight excluding hydrogens is 316 g/mol. The molecule has 1 fully saturated rings. The Morgan fingerprint density at radius 3 is 2.57 bits per heavy atom. The predicted molar refractivity (Wildman–Crippen MR) is 89.3 cm³/mol. The summed E-state index contributed by atoms with van der Waals surface area (Å²) in [6.07, 6.45) is 1.27. The molecule has 1 aliphatic rings. The van der Waals surface area contributed by atoms with E-state index in [0.717, 1.165) is 5.56 Å². The van der Waals surface area contributed by atoms with Crippen LogP contribution in [0, 0.1) is 6.92 Å². The van der Waals surface area contributed by atoms with E-state index in [4.69, 9.17) is 4.74 Å². The molecule has 1 heterocycles. The second-order valence-corrected chi connectivity index (χ2v) is 7.99. The monoisotopic (exact) mass is 340 g/mol. The van der Waals surface area contributed by atoms with Gasteiger partial charge >= 0.3 is 0 Å². The summed E-state index contributed by atoms with van der Waals surface area (Å²) in [5, 5.41) is 2.98. The van der Waals surface area contributed by atoms with Crippen molar-refractivity contribution in [3.63, 3.8) is 0 Å². The van der Waals surface area contributed by atoms with Crippen molar-refractivity contribution in [3.8, 4) is 5.75 Å². The summed E-state index contributed by atoms with van der Waals surface area (Å²) in [5.41, 5.74) is 1.53. The van der Waals surface area contributed by atoms with Crippen LogP contribution in [0.4, 0.5) is 0 Å². The van der Waals surface area contributed by atoms with Crippen molar-refractivity contribution in [3.05, 3.63) is 29.3 Å². The molecule has 1 aliphatic heterocycles. The van der Waals surface area contributed by atoms with E-state index in [1.54, 1.807) is 26.2 Å². The van der Waals surface area contributed by atoms with Gasteiger partial charge in [-0.15, -0.1) is 0 Å². The average molecular weight is 340 g/mol. The minimum atomic E-state index is -3.13. The number of amides is 1. The third-order valence-corrected chi connectivity index (χ3v) is 6.10. The van der Waals surface area contributed by atoms with Gasteiger partial charge in [0.2, 0.25) is 10.0 Å². The molecule has 0 unspecified atom stereocenters. The van der Waals surface area contributed by atoms with Gasteiger partial charge < -0.3 is 10.1 Å². The molecule has 0 aromatic heterocycles. The third kappa shape index (κ3) is 4.23. The number of rotatable bonds is 5. The van der Waals surface area contributed by atoms with Crippen LogP contribution in [-0.4, -0.2) is 50.6 Å². The van der Waals surface area contributed by atoms with E-state index in [0.29, 0.717) is 37.2 Å². The van der Waals surface area contributed by atoms with E-state index in [2.05, 4.69) is 5.32 Å². The molecule has 1 saturated heterocycles. The van der Waals surface area contributed by atoms with Crippen molar-refractivity contribution in [1.82, 2.24) is 9.62 Å². The van der Waals surface area contributed by atoms with Crippen LogP contribution in [0.15, 0.2) is 18.2 Å². The fourth-order valence-corrected chi connectivity index (χ4v) is 3.82. The summed E-state index contributed by atoms with van der Waals surface area (Å²) in [7, 11) is -1.56. The maximum absolute atomic E-state index is 12.3. The lowest BCUT2D eigenvalue weighted by Gasteiger charge is -2.31. The number of benzene rings is 1. The standard InChI is InChI=1S/C16H24N2O4S/c1-4-23(20,21)18-9-7-14(8-10-18)17-16(19)13-6-5-12(2)15(11-13)22-3/h5-6,11,14H,4,7-10H2,1-3H3,(H,17,19). The van der Waals surface area contributed by atoms with Gasteiger partial charge in [-0.2, -0.15) is 0 Å². The molecule has 23 heavy (non-hydrogen) atoms. The highest BCUT2D eigenvalue weighted by Gasteiger charge is 2.27. The summed E-state index contributed by atoms with van der Waals surface area (Å²) in [6, 6.07) is 5.34. The molecule has 1 aromatic rings. The lowest BCUT2D eigenvalue weighted by molar-refractivity contribution is 0.0923. The van der Waals surface area contributed by atoms with Gasteiger partial charge in [-0.25, -0.2) is 12.7 Å². The van der Waals surface area contributed by atoms with Gasteiger partial charge in [0.25, 0.3) is 5.91 Å². The van der Waals surface area contributed by atoms with Gasteiger partial charge in [0, 0.05) is 24.7 Å². The number of hydrogen-bond donors (Lipinski definition) is 1. The summed E-state index contributed by atoms with van der Waals surface area (Å²) < 4.78 is 30.4. The zero-order valence-corrected chi connectivity index (χ0v) is 14.6. The molecule has 128 valence electrons. The minimum absolute atomic E-state index is 0.00176. The van der Waals surface area contributed by atoms with Gasteiger partial charge in [-0.05, 0) is 44.4 Å². The van der Waals surface area contributed by atoms with Crippen LogP contribution in [-0.2, 0) is 10.0 Å². The van der Waals surface area contributed by atoms with Crippen molar-refractivity contribution in [2.24, 2.45) is 0 Å². The van der Waals surface area contributed by atoms with Crippen LogP contribution < -0.4 is 10.1 Å². The van der Waals surface area contributed by atoms with Gasteiger partial charge in [0.05, 0.1) is 12.9 Å². The molecule has 1 aromatic carbocycles. The normalized spacial score (nSPS) is 17.0. The Morgan fingerprint density at radius 1 is 1.35 bits per heavy atom. The molecule has 7 heteroatoms. The van der Waals surface area contributed by atoms with Crippen molar-refractivity contribution >= 4 is 15.9 Å². The highest BCUT2D eigenvalue weighted by atomic mass is 32.2. The highest BCUT2D eigenvalue weighted by molar-refractivity contribution is 7.89. The predicted octanol–water partition coefficient (Wildman–Crippen LogP) is 1.55. The van der Waals surface area contributed by atoms with Crippen LogP contribution in [0.5, 0.6) is 5.75 Å². The first-order valence-electron chi connectivity index (χ1n) is 7.80. The molecule has 0 atom stereocenters. The van der Waals surface area contributed by atoms with Crippen molar-refractivity contribution in [2.75, 3.05) is 26.0 Å². The Bertz CT molecular complexity index is 665. The molecule has 0 spiro atoms. The zero-order chi connectivity index (χ0) is 17.0. The Hall–Kier alpha value is -1.60. The number of carbonyl (C=O) groups is 1. The van der Waals surface area contributed by atoms with Gasteiger partial charge in [-0.3, -0.25) is 4.79 Å². The minimum Gasteiger partial charge on any atom is -0.496 e. The van der Waals surface area contributed by atoms with E-state index < -0.39 is 10.0 Å². The number of carbonyl (C=O) groups excluding carboxylic acids is 1. The molecular formula is C16H24N2O4S. The van der Waals surface area contributed by atoms with E-state index in [1.807, 2.05) is 13.0 Å². The fraction of sp³-hybridized carbons (Fsp3) is 0.562. The first kappa shape index (κ1) is 17.7. The van der Waals surface area contributed by atoms with Crippen LogP contribution in [0.2, 0.25) is 0 Å². The number of piperidine rings is 1. The number of hydrogen-bond acceptors (Lipinski definition) is 4. The smallest absolute Gasteiger partial charge is 0.251 e. The fourth-order valence-electron chi connectivity index (χ4n) is 2.69.